The number of carbonyl (C=O) groups is 3. The molecule has 0 unspecified atom stereocenters. The third kappa shape index (κ3) is 3.60. The Morgan fingerprint density at radius 1 is 1.29 bits per heavy atom. The van der Waals surface area contributed by atoms with Crippen molar-refractivity contribution < 1.29 is 19.1 Å². The molecule has 0 spiro atoms. The summed E-state index contributed by atoms with van der Waals surface area (Å²) < 4.78 is 6.00. The summed E-state index contributed by atoms with van der Waals surface area (Å²) in [4.78, 5) is 36.1. The number of esters is 1. The highest BCUT2D eigenvalue weighted by molar-refractivity contribution is 9.10. The molecule has 0 bridgehead atoms. The van der Waals surface area contributed by atoms with Crippen LogP contribution in [-0.4, -0.2) is 34.9 Å². The minimum atomic E-state index is -0.983. The summed E-state index contributed by atoms with van der Waals surface area (Å²) in [7, 11) is 0. The molecule has 0 radical (unpaired) electrons. The number of amides is 3. The van der Waals surface area contributed by atoms with E-state index in [2.05, 4.69) is 21.2 Å². The molecule has 3 amide bonds. The minimum absolute atomic E-state index is 0.0964. The van der Waals surface area contributed by atoms with Crippen molar-refractivity contribution in [2.24, 2.45) is 0 Å². The van der Waals surface area contributed by atoms with Gasteiger partial charge in [0.05, 0.1) is 0 Å². The monoisotopic (exact) mass is 354 g/mol. The fourth-order valence-electron chi connectivity index (χ4n) is 1.88. The summed E-state index contributed by atoms with van der Waals surface area (Å²) in [5.41, 5.74) is -0.160. The number of nitrogens with zero attached hydrogens (tertiary/aromatic N) is 1. The SMILES string of the molecule is CC1(C)NC(=O)N(CC(=O)OCc2ccc(Br)cc2)C1=O. The summed E-state index contributed by atoms with van der Waals surface area (Å²) in [5.74, 6) is -1.06. The van der Waals surface area contributed by atoms with Crippen LogP contribution in [0.15, 0.2) is 28.7 Å². The smallest absolute Gasteiger partial charge is 0.326 e. The Morgan fingerprint density at radius 3 is 2.43 bits per heavy atom. The molecule has 1 saturated heterocycles. The van der Waals surface area contributed by atoms with E-state index in [0.717, 1.165) is 14.9 Å². The Bertz CT molecular complexity index is 583. The highest BCUT2D eigenvalue weighted by Crippen LogP contribution is 2.16. The van der Waals surface area contributed by atoms with Crippen molar-refractivity contribution >= 4 is 33.8 Å². The highest BCUT2D eigenvalue weighted by atomic mass is 79.9. The average Bonchev–Trinajstić information content (AvgIpc) is 2.60. The highest BCUT2D eigenvalue weighted by Gasteiger charge is 2.45. The first-order chi connectivity index (χ1) is 9.79. The fraction of sp³-hybridized carbons (Fsp3) is 0.357. The number of ether oxygens (including phenoxy) is 1. The number of carbonyl (C=O) groups excluding carboxylic acids is 3. The van der Waals surface area contributed by atoms with Gasteiger partial charge < -0.3 is 10.1 Å². The molecule has 0 atom stereocenters. The van der Waals surface area contributed by atoms with Gasteiger partial charge in [-0.3, -0.25) is 14.5 Å². The summed E-state index contributed by atoms with van der Waals surface area (Å²) in [5, 5.41) is 2.50. The van der Waals surface area contributed by atoms with Crippen LogP contribution in [0.1, 0.15) is 19.4 Å². The Balaban J connectivity index is 1.89. The number of imide groups is 1. The van der Waals surface area contributed by atoms with Gasteiger partial charge in [0.1, 0.15) is 18.7 Å². The van der Waals surface area contributed by atoms with Crippen LogP contribution in [0, 0.1) is 0 Å². The van der Waals surface area contributed by atoms with Crippen molar-refractivity contribution in [2.45, 2.75) is 26.0 Å². The summed E-state index contributed by atoms with van der Waals surface area (Å²) >= 11 is 3.31. The number of urea groups is 1. The van der Waals surface area contributed by atoms with Crippen molar-refractivity contribution in [3.8, 4) is 0 Å². The molecule has 6 nitrogen and oxygen atoms in total. The second-order valence-electron chi connectivity index (χ2n) is 5.23. The molecule has 1 fully saturated rings. The van der Waals surface area contributed by atoms with Gasteiger partial charge in [-0.25, -0.2) is 4.79 Å². The molecule has 1 aromatic carbocycles. The van der Waals surface area contributed by atoms with Gasteiger partial charge in [0.15, 0.2) is 0 Å². The maximum Gasteiger partial charge on any atom is 0.326 e. The van der Waals surface area contributed by atoms with Crippen molar-refractivity contribution in [3.63, 3.8) is 0 Å². The number of hydrogen-bond acceptors (Lipinski definition) is 4. The minimum Gasteiger partial charge on any atom is -0.459 e. The molecule has 7 heteroatoms. The Morgan fingerprint density at radius 2 is 1.90 bits per heavy atom. The lowest BCUT2D eigenvalue weighted by molar-refractivity contribution is -0.148. The van der Waals surface area contributed by atoms with Crippen LogP contribution in [0.3, 0.4) is 0 Å². The lowest BCUT2D eigenvalue weighted by Crippen LogP contribution is -2.41. The molecular formula is C14H15BrN2O4. The largest absolute Gasteiger partial charge is 0.459 e. The molecule has 0 aromatic heterocycles. The van der Waals surface area contributed by atoms with Crippen LogP contribution in [-0.2, 0) is 20.9 Å². The Kier molecular flexibility index (Phi) is 4.32. The van der Waals surface area contributed by atoms with E-state index in [1.165, 1.54) is 0 Å². The van der Waals surface area contributed by atoms with Gasteiger partial charge in [-0.1, -0.05) is 28.1 Å². The predicted molar refractivity (Wildman–Crippen MR) is 78.3 cm³/mol. The van der Waals surface area contributed by atoms with Gasteiger partial charge in [0, 0.05) is 4.47 Å². The quantitative estimate of drug-likeness (QED) is 0.660. The average molecular weight is 355 g/mol. The molecular weight excluding hydrogens is 340 g/mol. The van der Waals surface area contributed by atoms with E-state index in [4.69, 9.17) is 4.74 Å². The Labute approximate surface area is 130 Å². The molecule has 1 heterocycles. The third-order valence-corrected chi connectivity index (χ3v) is 3.57. The van der Waals surface area contributed by atoms with Gasteiger partial charge in [-0.15, -0.1) is 0 Å². The maximum atomic E-state index is 11.9. The molecule has 21 heavy (non-hydrogen) atoms. The van der Waals surface area contributed by atoms with Gasteiger partial charge in [0.2, 0.25) is 0 Å². The number of nitrogens with one attached hydrogen (secondary N) is 1. The fourth-order valence-corrected chi connectivity index (χ4v) is 2.15. The molecule has 2 rings (SSSR count). The lowest BCUT2D eigenvalue weighted by Gasteiger charge is -2.15. The van der Waals surface area contributed by atoms with Crippen molar-refractivity contribution in [1.29, 1.82) is 0 Å². The molecule has 1 aliphatic heterocycles. The van der Waals surface area contributed by atoms with E-state index < -0.39 is 23.4 Å². The van der Waals surface area contributed by atoms with Gasteiger partial charge in [-0.2, -0.15) is 0 Å². The first-order valence-electron chi connectivity index (χ1n) is 6.34. The standard InChI is InChI=1S/C14H15BrN2O4/c1-14(2)12(19)17(13(20)16-14)7-11(18)21-8-9-3-5-10(15)6-4-9/h3-6H,7-8H2,1-2H3,(H,16,20). The molecule has 0 saturated carbocycles. The summed E-state index contributed by atoms with van der Waals surface area (Å²) in [6.45, 7) is 2.88. The van der Waals surface area contributed by atoms with Crippen LogP contribution in [0.2, 0.25) is 0 Å². The van der Waals surface area contributed by atoms with Gasteiger partial charge in [-0.05, 0) is 31.5 Å². The number of hydrogen-bond donors (Lipinski definition) is 1. The zero-order valence-electron chi connectivity index (χ0n) is 11.7. The topological polar surface area (TPSA) is 75.7 Å². The zero-order chi connectivity index (χ0) is 15.6. The van der Waals surface area contributed by atoms with Crippen LogP contribution in [0.25, 0.3) is 0 Å². The molecule has 1 N–H and O–H groups in total. The van der Waals surface area contributed by atoms with Crippen molar-refractivity contribution in [1.82, 2.24) is 10.2 Å². The molecule has 0 aliphatic carbocycles. The van der Waals surface area contributed by atoms with Crippen LogP contribution in [0.5, 0.6) is 0 Å². The van der Waals surface area contributed by atoms with E-state index in [1.54, 1.807) is 13.8 Å². The predicted octanol–water partition coefficient (Wildman–Crippen LogP) is 1.82. The summed E-state index contributed by atoms with van der Waals surface area (Å²) in [6.07, 6.45) is 0. The first kappa shape index (κ1) is 15.5. The van der Waals surface area contributed by atoms with Crippen molar-refractivity contribution in [2.75, 3.05) is 6.54 Å². The lowest BCUT2D eigenvalue weighted by atomic mass is 10.1. The molecule has 1 aliphatic rings. The third-order valence-electron chi connectivity index (χ3n) is 3.04. The maximum absolute atomic E-state index is 11.9. The zero-order valence-corrected chi connectivity index (χ0v) is 13.3. The molecule has 112 valence electrons. The number of benzene rings is 1. The number of rotatable bonds is 4. The molecule has 1 aromatic rings. The van der Waals surface area contributed by atoms with Gasteiger partial charge in [0.25, 0.3) is 5.91 Å². The summed E-state index contributed by atoms with van der Waals surface area (Å²) in [6, 6.07) is 6.72. The van der Waals surface area contributed by atoms with E-state index >= 15 is 0 Å². The normalized spacial score (nSPS) is 16.8. The number of halogens is 1. The Hall–Kier alpha value is -1.89. The van der Waals surface area contributed by atoms with E-state index in [9.17, 15) is 14.4 Å². The second-order valence-corrected chi connectivity index (χ2v) is 6.15. The van der Waals surface area contributed by atoms with E-state index in [-0.39, 0.29) is 13.2 Å². The van der Waals surface area contributed by atoms with Crippen LogP contribution in [0.4, 0.5) is 4.79 Å². The second kappa shape index (κ2) is 5.85. The van der Waals surface area contributed by atoms with Gasteiger partial charge >= 0.3 is 12.0 Å². The van der Waals surface area contributed by atoms with Crippen molar-refractivity contribution in [3.05, 3.63) is 34.3 Å². The van der Waals surface area contributed by atoms with Crippen LogP contribution >= 0.6 is 15.9 Å². The van der Waals surface area contributed by atoms with E-state index in [0.29, 0.717) is 0 Å². The van der Waals surface area contributed by atoms with Crippen LogP contribution < -0.4 is 5.32 Å². The van der Waals surface area contributed by atoms with E-state index in [1.807, 2.05) is 24.3 Å². The first-order valence-corrected chi connectivity index (χ1v) is 7.13.